The molecule has 2 saturated heterocycles. The Balaban J connectivity index is 1.52. The Morgan fingerprint density at radius 2 is 1.88 bits per heavy atom. The minimum Gasteiger partial charge on any atom is -0.377 e. The highest BCUT2D eigenvalue weighted by atomic mass is 19.3. The van der Waals surface area contributed by atoms with Crippen molar-refractivity contribution in [3.63, 3.8) is 0 Å². The first-order valence-electron chi connectivity index (χ1n) is 13.4. The van der Waals surface area contributed by atoms with Gasteiger partial charge < -0.3 is 29.7 Å². The first-order valence-corrected chi connectivity index (χ1v) is 13.4. The van der Waals surface area contributed by atoms with Crippen molar-refractivity contribution in [3.8, 4) is 11.1 Å². The number of likely N-dealkylation sites (N-methyl/N-ethyl adjacent to an activating group) is 1. The van der Waals surface area contributed by atoms with E-state index in [1.807, 2.05) is 30.7 Å². The molecule has 2 N–H and O–H groups in total. The molecule has 5 rings (SSSR count). The summed E-state index contributed by atoms with van der Waals surface area (Å²) in [5.74, 6) is -0.900. The Morgan fingerprint density at radius 1 is 1.12 bits per heavy atom. The molecule has 2 atom stereocenters. The molecule has 1 aromatic carbocycles. The number of pyridine rings is 1. The van der Waals surface area contributed by atoms with Gasteiger partial charge in [0.1, 0.15) is 5.82 Å². The SMILES string of the molecule is CC1CN(c2cc(F)c(-c3cnc(N4CCOCC4C)nc3)cc2NC(=O)c2c[nH]c(=O)cc2C(F)F)CCN1C. The zero-order chi connectivity index (χ0) is 29.3. The second-order valence-corrected chi connectivity index (χ2v) is 10.4. The van der Waals surface area contributed by atoms with Gasteiger partial charge in [-0.25, -0.2) is 23.1 Å². The maximum atomic E-state index is 15.7. The van der Waals surface area contributed by atoms with Gasteiger partial charge in [-0.05, 0) is 33.0 Å². The van der Waals surface area contributed by atoms with E-state index in [9.17, 15) is 18.4 Å². The Labute approximate surface area is 235 Å². The number of halogens is 3. The molecule has 1 amide bonds. The number of alkyl halides is 2. The largest absolute Gasteiger partial charge is 0.377 e. The lowest BCUT2D eigenvalue weighted by molar-refractivity contribution is 0.0981. The van der Waals surface area contributed by atoms with Crippen LogP contribution in [0.2, 0.25) is 0 Å². The van der Waals surface area contributed by atoms with Gasteiger partial charge in [0.05, 0.1) is 36.2 Å². The number of hydrogen-bond donors (Lipinski definition) is 2. The number of ether oxygens (including phenoxy) is 1. The van der Waals surface area contributed by atoms with E-state index in [0.29, 0.717) is 62.7 Å². The number of carbonyl (C=O) groups excluding carboxylic acids is 1. The number of nitrogens with one attached hydrogen (secondary N) is 2. The third kappa shape index (κ3) is 6.05. The van der Waals surface area contributed by atoms with Crippen LogP contribution in [0.1, 0.15) is 36.2 Å². The molecule has 4 heterocycles. The number of carbonyl (C=O) groups is 1. The number of piperazine rings is 1. The van der Waals surface area contributed by atoms with Crippen LogP contribution in [0.25, 0.3) is 11.1 Å². The number of rotatable bonds is 6. The van der Waals surface area contributed by atoms with Gasteiger partial charge in [-0.1, -0.05) is 0 Å². The van der Waals surface area contributed by atoms with Gasteiger partial charge in [0, 0.05) is 73.6 Å². The van der Waals surface area contributed by atoms with Gasteiger partial charge in [-0.15, -0.1) is 0 Å². The van der Waals surface area contributed by atoms with Crippen molar-refractivity contribution in [2.45, 2.75) is 32.4 Å². The highest BCUT2D eigenvalue weighted by Crippen LogP contribution is 2.36. The Hall–Kier alpha value is -3.97. The van der Waals surface area contributed by atoms with Crippen LogP contribution >= 0.6 is 0 Å². The van der Waals surface area contributed by atoms with Crippen LogP contribution in [0.4, 0.5) is 30.5 Å². The number of hydrogen-bond acceptors (Lipinski definition) is 8. The number of anilines is 3. The first kappa shape index (κ1) is 28.6. The second kappa shape index (κ2) is 11.9. The van der Waals surface area contributed by atoms with Crippen LogP contribution in [-0.4, -0.2) is 84.3 Å². The van der Waals surface area contributed by atoms with E-state index in [4.69, 9.17) is 4.74 Å². The molecule has 0 radical (unpaired) electrons. The normalized spacial score (nSPS) is 20.0. The van der Waals surface area contributed by atoms with E-state index in [0.717, 1.165) is 6.20 Å². The molecule has 0 bridgehead atoms. The van der Waals surface area contributed by atoms with E-state index in [-0.39, 0.29) is 28.9 Å². The summed E-state index contributed by atoms with van der Waals surface area (Å²) in [5.41, 5.74) is -0.632. The fourth-order valence-corrected chi connectivity index (χ4v) is 5.10. The molecule has 218 valence electrons. The number of benzene rings is 1. The topological polar surface area (TPSA) is 107 Å². The molecule has 2 aromatic heterocycles. The molecular formula is C28H32F3N7O3. The molecule has 2 aliphatic rings. The third-order valence-electron chi connectivity index (χ3n) is 7.64. The van der Waals surface area contributed by atoms with Gasteiger partial charge in [-0.3, -0.25) is 9.59 Å². The molecule has 2 aliphatic heterocycles. The summed E-state index contributed by atoms with van der Waals surface area (Å²) < 4.78 is 48.5. The number of amides is 1. The summed E-state index contributed by atoms with van der Waals surface area (Å²) in [6.45, 7) is 7.63. The van der Waals surface area contributed by atoms with Crippen LogP contribution in [-0.2, 0) is 4.74 Å². The van der Waals surface area contributed by atoms with Crippen molar-refractivity contribution in [2.24, 2.45) is 0 Å². The monoisotopic (exact) mass is 571 g/mol. The molecule has 0 saturated carbocycles. The quantitative estimate of drug-likeness (QED) is 0.463. The van der Waals surface area contributed by atoms with Gasteiger partial charge >= 0.3 is 0 Å². The molecule has 13 heteroatoms. The van der Waals surface area contributed by atoms with Gasteiger partial charge in [0.25, 0.3) is 12.3 Å². The maximum absolute atomic E-state index is 15.7. The summed E-state index contributed by atoms with van der Waals surface area (Å²) in [6.07, 6.45) is 0.955. The summed E-state index contributed by atoms with van der Waals surface area (Å²) in [4.78, 5) is 42.2. The smallest absolute Gasteiger partial charge is 0.264 e. The van der Waals surface area contributed by atoms with Crippen LogP contribution in [0.15, 0.2) is 41.6 Å². The molecule has 0 aliphatic carbocycles. The van der Waals surface area contributed by atoms with Gasteiger partial charge in [0.15, 0.2) is 0 Å². The fourth-order valence-electron chi connectivity index (χ4n) is 5.10. The maximum Gasteiger partial charge on any atom is 0.264 e. The van der Waals surface area contributed by atoms with Crippen molar-refractivity contribution >= 4 is 23.2 Å². The Kier molecular flexibility index (Phi) is 8.27. The van der Waals surface area contributed by atoms with Gasteiger partial charge in [0.2, 0.25) is 11.5 Å². The van der Waals surface area contributed by atoms with E-state index >= 15 is 4.39 Å². The Bertz CT molecular complexity index is 1470. The van der Waals surface area contributed by atoms with E-state index in [1.165, 1.54) is 24.5 Å². The van der Waals surface area contributed by atoms with E-state index in [2.05, 4.69) is 25.2 Å². The van der Waals surface area contributed by atoms with Crippen molar-refractivity contribution in [3.05, 3.63) is 64.1 Å². The zero-order valence-electron chi connectivity index (χ0n) is 23.0. The molecule has 2 unspecified atom stereocenters. The summed E-state index contributed by atoms with van der Waals surface area (Å²) in [5, 5.41) is 2.69. The van der Waals surface area contributed by atoms with Crippen molar-refractivity contribution in [2.75, 3.05) is 61.6 Å². The molecule has 0 spiro atoms. The number of H-pyrrole nitrogens is 1. The lowest BCUT2D eigenvalue weighted by Crippen LogP contribution is -2.50. The highest BCUT2D eigenvalue weighted by Gasteiger charge is 2.27. The molecular weight excluding hydrogens is 539 g/mol. The Morgan fingerprint density at radius 3 is 2.56 bits per heavy atom. The molecule has 10 nitrogen and oxygen atoms in total. The van der Waals surface area contributed by atoms with E-state index in [1.54, 1.807) is 0 Å². The fraction of sp³-hybridized carbons (Fsp3) is 0.429. The average Bonchev–Trinajstić information content (AvgIpc) is 2.95. The lowest BCUT2D eigenvalue weighted by Gasteiger charge is -2.39. The first-order chi connectivity index (χ1) is 19.6. The predicted octanol–water partition coefficient (Wildman–Crippen LogP) is 3.53. The van der Waals surface area contributed by atoms with Crippen molar-refractivity contribution in [1.29, 1.82) is 0 Å². The minimum atomic E-state index is -3.04. The van der Waals surface area contributed by atoms with Crippen LogP contribution < -0.4 is 20.7 Å². The molecule has 41 heavy (non-hydrogen) atoms. The summed E-state index contributed by atoms with van der Waals surface area (Å²) in [6, 6.07) is 3.75. The standard InChI is InChI=1S/C28H32F3N7O3/c1-16-14-37(5-4-36(16)3)24-10-22(29)19(18-11-33-28(34-12-18)38-6-7-41-15-17(38)2)8-23(24)35-27(40)21-13-32-25(39)9-20(21)26(30)31/h8-13,16-17,26H,4-7,14-15H2,1-3H3,(H,32,39)(H,35,40). The number of aromatic nitrogens is 3. The summed E-state index contributed by atoms with van der Waals surface area (Å²) >= 11 is 0. The lowest BCUT2D eigenvalue weighted by atomic mass is 10.0. The number of morpholine rings is 1. The third-order valence-corrected chi connectivity index (χ3v) is 7.64. The highest BCUT2D eigenvalue weighted by molar-refractivity contribution is 6.07. The number of aromatic amines is 1. The second-order valence-electron chi connectivity index (χ2n) is 10.4. The minimum absolute atomic E-state index is 0.0875. The van der Waals surface area contributed by atoms with Crippen LogP contribution in [0.5, 0.6) is 0 Å². The predicted molar refractivity (Wildman–Crippen MR) is 149 cm³/mol. The van der Waals surface area contributed by atoms with Gasteiger partial charge in [-0.2, -0.15) is 0 Å². The zero-order valence-corrected chi connectivity index (χ0v) is 23.0. The van der Waals surface area contributed by atoms with Crippen molar-refractivity contribution in [1.82, 2.24) is 19.9 Å². The molecule has 2 fully saturated rings. The molecule has 3 aromatic rings. The van der Waals surface area contributed by atoms with Crippen LogP contribution in [0.3, 0.4) is 0 Å². The van der Waals surface area contributed by atoms with Crippen molar-refractivity contribution < 1.29 is 22.7 Å². The number of nitrogens with zero attached hydrogens (tertiary/aromatic N) is 5. The van der Waals surface area contributed by atoms with E-state index < -0.39 is 29.3 Å². The summed E-state index contributed by atoms with van der Waals surface area (Å²) in [7, 11) is 2.00. The van der Waals surface area contributed by atoms with Crippen LogP contribution in [0, 0.1) is 5.82 Å². The average molecular weight is 572 g/mol.